The number of nitrogen functional groups attached to an aromatic ring is 1. The average Bonchev–Trinajstić information content (AvgIpc) is 2.42. The summed E-state index contributed by atoms with van der Waals surface area (Å²) in [6.07, 6.45) is 0.908. The minimum Gasteiger partial charge on any atom is -0.469 e. The van der Waals surface area contributed by atoms with Crippen molar-refractivity contribution in [3.63, 3.8) is 0 Å². The highest BCUT2D eigenvalue weighted by atomic mass is 32.2. The summed E-state index contributed by atoms with van der Waals surface area (Å²) in [5, 5.41) is 2.77. The van der Waals surface area contributed by atoms with E-state index < -0.39 is 0 Å². The lowest BCUT2D eigenvalue weighted by Crippen LogP contribution is -2.26. The van der Waals surface area contributed by atoms with Crippen molar-refractivity contribution in [1.82, 2.24) is 5.32 Å². The standard InChI is InChI=1S/C14H20N2O3S/c1-10-8-11(15)5-6-12(10)20-9-13(17)16-7-3-4-14(18)19-2/h5-6,8H,3-4,7,9,15H2,1-2H3,(H,16,17). The van der Waals surface area contributed by atoms with Crippen molar-refractivity contribution < 1.29 is 14.3 Å². The summed E-state index contributed by atoms with van der Waals surface area (Å²) in [6.45, 7) is 2.45. The minimum absolute atomic E-state index is 0.0453. The number of methoxy groups -OCH3 is 1. The minimum atomic E-state index is -0.258. The second kappa shape index (κ2) is 8.47. The molecule has 0 heterocycles. The van der Waals surface area contributed by atoms with Gasteiger partial charge in [0.15, 0.2) is 0 Å². The van der Waals surface area contributed by atoms with Crippen LogP contribution in [0.15, 0.2) is 23.1 Å². The van der Waals surface area contributed by atoms with Gasteiger partial charge in [0.25, 0.3) is 0 Å². The number of hydrogen-bond acceptors (Lipinski definition) is 5. The molecule has 0 spiro atoms. The Bertz CT molecular complexity index is 477. The molecule has 5 nitrogen and oxygen atoms in total. The number of rotatable bonds is 7. The zero-order valence-electron chi connectivity index (χ0n) is 11.8. The summed E-state index contributed by atoms with van der Waals surface area (Å²) in [5.74, 6) is 0.0467. The van der Waals surface area contributed by atoms with Gasteiger partial charge >= 0.3 is 5.97 Å². The van der Waals surface area contributed by atoms with Gasteiger partial charge in [0.1, 0.15) is 0 Å². The quantitative estimate of drug-likeness (QED) is 0.347. The number of amides is 1. The first kappa shape index (κ1) is 16.4. The fourth-order valence-corrected chi connectivity index (χ4v) is 2.43. The highest BCUT2D eigenvalue weighted by molar-refractivity contribution is 8.00. The van der Waals surface area contributed by atoms with E-state index in [0.717, 1.165) is 16.1 Å². The molecule has 0 aromatic heterocycles. The number of hydrogen-bond donors (Lipinski definition) is 2. The normalized spacial score (nSPS) is 10.1. The van der Waals surface area contributed by atoms with Crippen LogP contribution in [0.5, 0.6) is 0 Å². The molecule has 0 aliphatic heterocycles. The van der Waals surface area contributed by atoms with Gasteiger partial charge in [-0.05, 0) is 37.1 Å². The van der Waals surface area contributed by atoms with Gasteiger partial charge in [-0.25, -0.2) is 0 Å². The first-order valence-corrected chi connectivity index (χ1v) is 7.34. The molecule has 1 rings (SSSR count). The van der Waals surface area contributed by atoms with E-state index in [1.54, 1.807) is 0 Å². The van der Waals surface area contributed by atoms with Crippen molar-refractivity contribution in [2.75, 3.05) is 25.1 Å². The highest BCUT2D eigenvalue weighted by Gasteiger charge is 2.05. The summed E-state index contributed by atoms with van der Waals surface area (Å²) < 4.78 is 4.52. The highest BCUT2D eigenvalue weighted by Crippen LogP contribution is 2.23. The lowest BCUT2D eigenvalue weighted by atomic mass is 10.2. The molecule has 1 aromatic rings. The number of nitrogens with two attached hydrogens (primary N) is 1. The molecule has 110 valence electrons. The molecule has 0 saturated carbocycles. The molecular weight excluding hydrogens is 276 g/mol. The van der Waals surface area contributed by atoms with Gasteiger partial charge in [0, 0.05) is 23.5 Å². The first-order chi connectivity index (χ1) is 9.52. The molecule has 6 heteroatoms. The maximum atomic E-state index is 11.6. The molecular formula is C14H20N2O3S. The topological polar surface area (TPSA) is 81.4 Å². The van der Waals surface area contributed by atoms with Crippen LogP contribution in [0, 0.1) is 6.92 Å². The molecule has 1 aromatic carbocycles. The van der Waals surface area contributed by atoms with Gasteiger partial charge in [-0.3, -0.25) is 9.59 Å². The molecule has 0 radical (unpaired) electrons. The van der Waals surface area contributed by atoms with E-state index in [1.165, 1.54) is 18.9 Å². The fraction of sp³-hybridized carbons (Fsp3) is 0.429. The van der Waals surface area contributed by atoms with Gasteiger partial charge in [0.05, 0.1) is 12.9 Å². The second-order valence-electron chi connectivity index (χ2n) is 4.34. The van der Waals surface area contributed by atoms with Crippen LogP contribution >= 0.6 is 11.8 Å². The lowest BCUT2D eigenvalue weighted by Gasteiger charge is -2.07. The number of esters is 1. The van der Waals surface area contributed by atoms with E-state index in [0.29, 0.717) is 25.1 Å². The van der Waals surface area contributed by atoms with Gasteiger partial charge in [-0.1, -0.05) is 0 Å². The molecule has 0 unspecified atom stereocenters. The molecule has 20 heavy (non-hydrogen) atoms. The fourth-order valence-electron chi connectivity index (χ4n) is 1.59. The monoisotopic (exact) mass is 296 g/mol. The summed E-state index contributed by atoms with van der Waals surface area (Å²) >= 11 is 1.47. The Morgan fingerprint density at radius 1 is 1.40 bits per heavy atom. The zero-order valence-corrected chi connectivity index (χ0v) is 12.6. The Morgan fingerprint density at radius 2 is 2.15 bits per heavy atom. The van der Waals surface area contributed by atoms with E-state index in [1.807, 2.05) is 25.1 Å². The average molecular weight is 296 g/mol. The predicted octanol–water partition coefficient (Wildman–Crippen LogP) is 1.74. The molecule has 3 N–H and O–H groups in total. The van der Waals surface area contributed by atoms with Crippen LogP contribution in [0.4, 0.5) is 5.69 Å². The van der Waals surface area contributed by atoms with Crippen LogP contribution < -0.4 is 11.1 Å². The maximum Gasteiger partial charge on any atom is 0.305 e. The van der Waals surface area contributed by atoms with Crippen LogP contribution in [0.25, 0.3) is 0 Å². The predicted molar refractivity (Wildman–Crippen MR) is 80.6 cm³/mol. The summed E-state index contributed by atoms with van der Waals surface area (Å²) in [7, 11) is 1.35. The van der Waals surface area contributed by atoms with Gasteiger partial charge in [-0.2, -0.15) is 0 Å². The SMILES string of the molecule is COC(=O)CCCNC(=O)CSc1ccc(N)cc1C. The number of aryl methyl sites for hydroxylation is 1. The van der Waals surface area contributed by atoms with Crippen molar-refractivity contribution in [2.45, 2.75) is 24.7 Å². The van der Waals surface area contributed by atoms with Crippen molar-refractivity contribution in [3.8, 4) is 0 Å². The van der Waals surface area contributed by atoms with E-state index in [9.17, 15) is 9.59 Å². The second-order valence-corrected chi connectivity index (χ2v) is 5.36. The van der Waals surface area contributed by atoms with E-state index >= 15 is 0 Å². The van der Waals surface area contributed by atoms with E-state index in [2.05, 4.69) is 10.1 Å². The third-order valence-electron chi connectivity index (χ3n) is 2.67. The van der Waals surface area contributed by atoms with Crippen molar-refractivity contribution in [2.24, 2.45) is 0 Å². The third kappa shape index (κ3) is 5.97. The van der Waals surface area contributed by atoms with Gasteiger partial charge in [0.2, 0.25) is 5.91 Å². The van der Waals surface area contributed by atoms with Crippen molar-refractivity contribution in [1.29, 1.82) is 0 Å². The molecule has 0 fully saturated rings. The summed E-state index contributed by atoms with van der Waals surface area (Å²) in [4.78, 5) is 23.6. The summed E-state index contributed by atoms with van der Waals surface area (Å²) in [5.41, 5.74) is 7.46. The van der Waals surface area contributed by atoms with Gasteiger partial charge in [-0.15, -0.1) is 11.8 Å². The van der Waals surface area contributed by atoms with Gasteiger partial charge < -0.3 is 15.8 Å². The van der Waals surface area contributed by atoms with E-state index in [-0.39, 0.29) is 11.9 Å². The zero-order chi connectivity index (χ0) is 15.0. The Morgan fingerprint density at radius 3 is 2.80 bits per heavy atom. The largest absolute Gasteiger partial charge is 0.469 e. The van der Waals surface area contributed by atoms with Crippen LogP contribution in [0.1, 0.15) is 18.4 Å². The van der Waals surface area contributed by atoms with Crippen molar-refractivity contribution >= 4 is 29.3 Å². The number of carbonyl (C=O) groups is 2. The number of carbonyl (C=O) groups excluding carboxylic acids is 2. The smallest absolute Gasteiger partial charge is 0.305 e. The number of anilines is 1. The number of thioether (sulfide) groups is 1. The van der Waals surface area contributed by atoms with Crippen LogP contribution in [-0.4, -0.2) is 31.3 Å². The molecule has 0 aliphatic rings. The third-order valence-corrected chi connectivity index (χ3v) is 3.84. The maximum absolute atomic E-state index is 11.6. The number of ether oxygens (including phenoxy) is 1. The van der Waals surface area contributed by atoms with E-state index in [4.69, 9.17) is 5.73 Å². The molecule has 1 amide bonds. The lowest BCUT2D eigenvalue weighted by molar-refractivity contribution is -0.140. The van der Waals surface area contributed by atoms with Crippen LogP contribution in [-0.2, 0) is 14.3 Å². The van der Waals surface area contributed by atoms with Crippen LogP contribution in [0.2, 0.25) is 0 Å². The Labute approximate surface area is 123 Å². The molecule has 0 saturated heterocycles. The first-order valence-electron chi connectivity index (χ1n) is 6.35. The molecule has 0 aliphatic carbocycles. The summed E-state index contributed by atoms with van der Waals surface area (Å²) in [6, 6.07) is 5.63. The number of nitrogens with one attached hydrogen (secondary N) is 1. The Kier molecular flexibility index (Phi) is 6.93. The molecule has 0 atom stereocenters. The Balaban J connectivity index is 2.24. The van der Waals surface area contributed by atoms with Crippen molar-refractivity contribution in [3.05, 3.63) is 23.8 Å². The number of benzene rings is 1. The molecule has 0 bridgehead atoms. The van der Waals surface area contributed by atoms with Crippen LogP contribution in [0.3, 0.4) is 0 Å². The Hall–Kier alpha value is -1.69.